The van der Waals surface area contributed by atoms with Crippen LogP contribution in [0.5, 0.6) is 0 Å². The number of carbonyl (C=O) groups excluding carboxylic acids is 1. The second kappa shape index (κ2) is 3.42. The van der Waals surface area contributed by atoms with E-state index < -0.39 is 5.97 Å². The maximum Gasteiger partial charge on any atom is 0.343 e. The molecule has 0 spiro atoms. The Balaban J connectivity index is 2.39. The van der Waals surface area contributed by atoms with Gasteiger partial charge in [-0.1, -0.05) is 5.16 Å². The lowest BCUT2D eigenvalue weighted by atomic mass is 10.1. The van der Waals surface area contributed by atoms with Crippen molar-refractivity contribution in [2.24, 2.45) is 0 Å². The zero-order valence-electron chi connectivity index (χ0n) is 7.82. The number of hydrogen-bond acceptors (Lipinski definition) is 5. The lowest BCUT2D eigenvalue weighted by Gasteiger charge is -1.98. The van der Waals surface area contributed by atoms with Gasteiger partial charge in [-0.2, -0.15) is 0 Å². The minimum absolute atomic E-state index is 0.193. The third kappa shape index (κ3) is 1.39. The van der Waals surface area contributed by atoms with Crippen LogP contribution in [0.1, 0.15) is 40.6 Å². The number of aliphatic hydroxyl groups is 1. The molecule has 0 atom stereocenters. The van der Waals surface area contributed by atoms with Crippen LogP contribution in [0.3, 0.4) is 0 Å². The molecule has 5 nitrogen and oxygen atoms in total. The predicted octanol–water partition coefficient (Wildman–Crippen LogP) is 0.831. The van der Waals surface area contributed by atoms with E-state index in [1.165, 1.54) is 7.11 Å². The number of hydrogen-bond donors (Lipinski definition) is 1. The zero-order valence-corrected chi connectivity index (χ0v) is 7.82. The third-order valence-electron chi connectivity index (χ3n) is 2.29. The van der Waals surface area contributed by atoms with E-state index in [9.17, 15) is 4.79 Å². The maximum atomic E-state index is 11.4. The third-order valence-corrected chi connectivity index (χ3v) is 2.29. The predicted molar refractivity (Wildman–Crippen MR) is 45.7 cm³/mol. The van der Waals surface area contributed by atoms with Crippen LogP contribution in [-0.2, 0) is 11.3 Å². The molecule has 0 radical (unpaired) electrons. The van der Waals surface area contributed by atoms with Gasteiger partial charge in [-0.3, -0.25) is 0 Å². The second-order valence-electron chi connectivity index (χ2n) is 3.29. The van der Waals surface area contributed by atoms with E-state index in [0.29, 0.717) is 17.2 Å². The lowest BCUT2D eigenvalue weighted by molar-refractivity contribution is 0.0593. The first-order chi connectivity index (χ1) is 6.77. The topological polar surface area (TPSA) is 72.6 Å². The van der Waals surface area contributed by atoms with Crippen LogP contribution >= 0.6 is 0 Å². The smallest absolute Gasteiger partial charge is 0.343 e. The SMILES string of the molecule is COC(=O)c1c(C2CC2)noc1CO. The van der Waals surface area contributed by atoms with Crippen LogP contribution < -0.4 is 0 Å². The van der Waals surface area contributed by atoms with E-state index >= 15 is 0 Å². The summed E-state index contributed by atoms with van der Waals surface area (Å²) in [7, 11) is 1.30. The van der Waals surface area contributed by atoms with Gasteiger partial charge in [0.05, 0.1) is 7.11 Å². The molecule has 0 aliphatic heterocycles. The normalized spacial score (nSPS) is 15.6. The highest BCUT2D eigenvalue weighted by Crippen LogP contribution is 2.41. The molecular weight excluding hydrogens is 186 g/mol. The van der Waals surface area contributed by atoms with E-state index in [1.54, 1.807) is 0 Å². The van der Waals surface area contributed by atoms with Gasteiger partial charge in [-0.05, 0) is 12.8 Å². The first kappa shape index (κ1) is 9.21. The molecular formula is C9H11NO4. The Bertz CT molecular complexity index is 354. The van der Waals surface area contributed by atoms with Gasteiger partial charge in [0.2, 0.25) is 0 Å². The van der Waals surface area contributed by atoms with Crippen molar-refractivity contribution in [2.45, 2.75) is 25.4 Å². The summed E-state index contributed by atoms with van der Waals surface area (Å²) < 4.78 is 9.47. The van der Waals surface area contributed by atoms with Crippen molar-refractivity contribution >= 4 is 5.97 Å². The molecule has 1 aliphatic carbocycles. The van der Waals surface area contributed by atoms with Gasteiger partial charge in [0.15, 0.2) is 5.76 Å². The number of esters is 1. The molecule has 1 fully saturated rings. The number of carbonyl (C=O) groups is 1. The zero-order chi connectivity index (χ0) is 10.1. The number of rotatable bonds is 3. The first-order valence-corrected chi connectivity index (χ1v) is 4.45. The van der Waals surface area contributed by atoms with Crippen molar-refractivity contribution < 1.29 is 19.2 Å². The Morgan fingerprint density at radius 2 is 2.43 bits per heavy atom. The minimum Gasteiger partial charge on any atom is -0.465 e. The molecule has 1 N–H and O–H groups in total. The Kier molecular flexibility index (Phi) is 2.25. The monoisotopic (exact) mass is 197 g/mol. The Hall–Kier alpha value is -1.36. The van der Waals surface area contributed by atoms with Gasteiger partial charge in [0, 0.05) is 5.92 Å². The van der Waals surface area contributed by atoms with Crippen LogP contribution in [0.4, 0.5) is 0 Å². The van der Waals surface area contributed by atoms with Crippen LogP contribution in [0.2, 0.25) is 0 Å². The molecule has 1 aromatic heterocycles. The van der Waals surface area contributed by atoms with Crippen molar-refractivity contribution in [3.8, 4) is 0 Å². The molecule has 5 heteroatoms. The quantitative estimate of drug-likeness (QED) is 0.726. The van der Waals surface area contributed by atoms with E-state index in [0.717, 1.165) is 12.8 Å². The summed E-state index contributed by atoms with van der Waals surface area (Å²) in [6.45, 7) is -0.329. The summed E-state index contributed by atoms with van der Waals surface area (Å²) in [4.78, 5) is 11.4. The fourth-order valence-corrected chi connectivity index (χ4v) is 1.40. The summed E-state index contributed by atoms with van der Waals surface area (Å²) in [5.74, 6) is 0.00380. The maximum absolute atomic E-state index is 11.4. The van der Waals surface area contributed by atoms with E-state index in [2.05, 4.69) is 9.89 Å². The molecule has 1 saturated carbocycles. The number of nitrogens with zero attached hydrogens (tertiary/aromatic N) is 1. The lowest BCUT2D eigenvalue weighted by Crippen LogP contribution is -2.06. The minimum atomic E-state index is -0.489. The van der Waals surface area contributed by atoms with Crippen molar-refractivity contribution in [1.82, 2.24) is 5.16 Å². The van der Waals surface area contributed by atoms with Gasteiger partial charge in [0.1, 0.15) is 17.9 Å². The van der Waals surface area contributed by atoms with Crippen LogP contribution in [0, 0.1) is 0 Å². The van der Waals surface area contributed by atoms with Crippen molar-refractivity contribution in [3.63, 3.8) is 0 Å². The van der Waals surface area contributed by atoms with Gasteiger partial charge in [-0.25, -0.2) is 4.79 Å². The van der Waals surface area contributed by atoms with Gasteiger partial charge in [-0.15, -0.1) is 0 Å². The van der Waals surface area contributed by atoms with Crippen molar-refractivity contribution in [3.05, 3.63) is 17.0 Å². The molecule has 0 bridgehead atoms. The van der Waals surface area contributed by atoms with Gasteiger partial charge < -0.3 is 14.4 Å². The molecule has 14 heavy (non-hydrogen) atoms. The van der Waals surface area contributed by atoms with Gasteiger partial charge >= 0.3 is 5.97 Å². The number of aliphatic hydroxyl groups excluding tert-OH is 1. The number of methoxy groups -OCH3 is 1. The highest BCUT2D eigenvalue weighted by atomic mass is 16.5. The fourth-order valence-electron chi connectivity index (χ4n) is 1.40. The van der Waals surface area contributed by atoms with E-state index in [1.807, 2.05) is 0 Å². The highest BCUT2D eigenvalue weighted by molar-refractivity contribution is 5.91. The Morgan fingerprint density at radius 3 is 2.93 bits per heavy atom. The summed E-state index contributed by atoms with van der Waals surface area (Å²) in [6.07, 6.45) is 2.03. The highest BCUT2D eigenvalue weighted by Gasteiger charge is 2.34. The molecule has 2 rings (SSSR count). The van der Waals surface area contributed by atoms with Gasteiger partial charge in [0.25, 0.3) is 0 Å². The molecule has 0 saturated heterocycles. The number of ether oxygens (including phenoxy) is 1. The average molecular weight is 197 g/mol. The average Bonchev–Trinajstić information content (AvgIpc) is 2.96. The molecule has 76 valence electrons. The first-order valence-electron chi connectivity index (χ1n) is 4.45. The number of aromatic nitrogens is 1. The summed E-state index contributed by atoms with van der Waals surface area (Å²) in [5, 5.41) is 12.7. The van der Waals surface area contributed by atoms with Crippen LogP contribution in [0.15, 0.2) is 4.52 Å². The Morgan fingerprint density at radius 1 is 1.71 bits per heavy atom. The molecule has 1 aliphatic rings. The van der Waals surface area contributed by atoms with Crippen LogP contribution in [0.25, 0.3) is 0 Å². The van der Waals surface area contributed by atoms with Crippen molar-refractivity contribution in [1.29, 1.82) is 0 Å². The summed E-state index contributed by atoms with van der Waals surface area (Å²) in [5.41, 5.74) is 0.929. The van der Waals surface area contributed by atoms with Crippen molar-refractivity contribution in [2.75, 3.05) is 7.11 Å². The second-order valence-corrected chi connectivity index (χ2v) is 3.29. The summed E-state index contributed by atoms with van der Waals surface area (Å²) >= 11 is 0. The standard InChI is InChI=1S/C9H11NO4/c1-13-9(12)7-6(4-11)14-10-8(7)5-2-3-5/h5,11H,2-4H2,1H3. The fraction of sp³-hybridized carbons (Fsp3) is 0.556. The Labute approximate surface area is 80.6 Å². The molecule has 0 amide bonds. The largest absolute Gasteiger partial charge is 0.465 e. The molecule has 0 aromatic carbocycles. The van der Waals surface area contributed by atoms with E-state index in [4.69, 9.17) is 9.63 Å². The summed E-state index contributed by atoms with van der Waals surface area (Å²) in [6, 6.07) is 0. The van der Waals surface area contributed by atoms with Crippen LogP contribution in [-0.4, -0.2) is 23.3 Å². The molecule has 1 aromatic rings. The molecule has 1 heterocycles. The molecule has 0 unspecified atom stereocenters. The van der Waals surface area contributed by atoms with E-state index in [-0.39, 0.29) is 12.4 Å².